The molecule has 2 aliphatic rings. The number of methoxy groups -OCH3 is 1. The highest BCUT2D eigenvalue weighted by molar-refractivity contribution is 6.02. The van der Waals surface area contributed by atoms with Crippen LogP contribution in [0.5, 0.6) is 5.75 Å². The van der Waals surface area contributed by atoms with Crippen LogP contribution in [0.2, 0.25) is 0 Å². The van der Waals surface area contributed by atoms with Crippen molar-refractivity contribution in [2.24, 2.45) is 5.16 Å². The number of oxime groups is 1. The van der Waals surface area contributed by atoms with Gasteiger partial charge in [0.1, 0.15) is 18.4 Å². The summed E-state index contributed by atoms with van der Waals surface area (Å²) < 4.78 is 5.21. The monoisotopic (exact) mass is 525 g/mol. The molecule has 3 aromatic carbocycles. The van der Waals surface area contributed by atoms with Crippen LogP contribution >= 0.6 is 0 Å². The van der Waals surface area contributed by atoms with Gasteiger partial charge in [-0.1, -0.05) is 78.0 Å². The van der Waals surface area contributed by atoms with Crippen molar-refractivity contribution < 1.29 is 19.2 Å². The zero-order valence-corrected chi connectivity index (χ0v) is 22.4. The van der Waals surface area contributed by atoms with Crippen molar-refractivity contribution in [1.29, 1.82) is 0 Å². The Bertz CT molecular complexity index is 1230. The number of hydrogen-bond donors (Lipinski definition) is 0. The lowest BCUT2D eigenvalue weighted by molar-refractivity contribution is -0.144. The number of ether oxygens (including phenoxy) is 1. The second-order valence-corrected chi connectivity index (χ2v) is 10.1. The van der Waals surface area contributed by atoms with Gasteiger partial charge in [-0.05, 0) is 48.1 Å². The molecule has 5 rings (SSSR count). The van der Waals surface area contributed by atoms with E-state index in [9.17, 15) is 9.59 Å². The Labute approximate surface area is 230 Å². The summed E-state index contributed by atoms with van der Waals surface area (Å²) in [5.41, 5.74) is 3.46. The van der Waals surface area contributed by atoms with Gasteiger partial charge in [0, 0.05) is 19.5 Å². The summed E-state index contributed by atoms with van der Waals surface area (Å²) >= 11 is 0. The highest BCUT2D eigenvalue weighted by atomic mass is 16.6. The summed E-state index contributed by atoms with van der Waals surface area (Å²) in [6.45, 7) is 2.03. The van der Waals surface area contributed by atoms with E-state index in [1.54, 1.807) is 12.0 Å². The number of nitrogens with zero attached hydrogens (tertiary/aromatic N) is 3. The number of hydrogen-bond acceptors (Lipinski definition) is 5. The van der Waals surface area contributed by atoms with Gasteiger partial charge in [-0.15, -0.1) is 0 Å². The topological polar surface area (TPSA) is 71.4 Å². The van der Waals surface area contributed by atoms with Gasteiger partial charge in [0.05, 0.1) is 25.3 Å². The Morgan fingerprint density at radius 3 is 2.08 bits per heavy atom. The van der Waals surface area contributed by atoms with Gasteiger partial charge < -0.3 is 19.4 Å². The van der Waals surface area contributed by atoms with E-state index in [2.05, 4.69) is 5.16 Å². The quantitative estimate of drug-likeness (QED) is 0.388. The molecule has 0 radical (unpaired) electrons. The molecule has 3 aromatic rings. The summed E-state index contributed by atoms with van der Waals surface area (Å²) in [6.07, 6.45) is 3.50. The first-order chi connectivity index (χ1) is 19.1. The van der Waals surface area contributed by atoms with Gasteiger partial charge >= 0.3 is 0 Å². The summed E-state index contributed by atoms with van der Waals surface area (Å²) in [5.74, 6) is 0.176. The summed E-state index contributed by atoms with van der Waals surface area (Å²) in [6, 6.07) is 26.6. The van der Waals surface area contributed by atoms with Crippen LogP contribution in [0, 0.1) is 0 Å². The largest absolute Gasteiger partial charge is 0.497 e. The minimum atomic E-state index is -0.589. The van der Waals surface area contributed by atoms with Crippen molar-refractivity contribution in [3.8, 4) is 5.75 Å². The van der Waals surface area contributed by atoms with Crippen LogP contribution in [0.15, 0.2) is 90.1 Å². The van der Waals surface area contributed by atoms with Gasteiger partial charge in [-0.3, -0.25) is 9.59 Å². The molecule has 7 nitrogen and oxygen atoms in total. The maximum atomic E-state index is 14.3. The van der Waals surface area contributed by atoms with E-state index < -0.39 is 12.0 Å². The van der Waals surface area contributed by atoms with Gasteiger partial charge in [0.2, 0.25) is 11.8 Å². The van der Waals surface area contributed by atoms with Crippen LogP contribution in [-0.2, 0) is 21.0 Å². The smallest absolute Gasteiger partial charge is 0.245 e. The lowest BCUT2D eigenvalue weighted by Gasteiger charge is -2.33. The Hall–Kier alpha value is -4.13. The molecule has 1 atom stereocenters. The van der Waals surface area contributed by atoms with E-state index in [0.717, 1.165) is 54.8 Å². The van der Waals surface area contributed by atoms with Gasteiger partial charge in [-0.2, -0.15) is 0 Å². The number of amides is 2. The summed E-state index contributed by atoms with van der Waals surface area (Å²) in [5, 5.41) is 4.40. The Morgan fingerprint density at radius 1 is 0.872 bits per heavy atom. The van der Waals surface area contributed by atoms with E-state index >= 15 is 0 Å². The van der Waals surface area contributed by atoms with Crippen LogP contribution in [0.3, 0.4) is 0 Å². The molecule has 2 amide bonds. The number of piperidine rings is 1. The third-order valence-electron chi connectivity index (χ3n) is 7.49. The second-order valence-electron chi connectivity index (χ2n) is 10.1. The Kier molecular flexibility index (Phi) is 8.56. The third-order valence-corrected chi connectivity index (χ3v) is 7.49. The third kappa shape index (κ3) is 6.30. The molecule has 0 bridgehead atoms. The van der Waals surface area contributed by atoms with Crippen LogP contribution in [0.1, 0.15) is 48.3 Å². The average Bonchev–Trinajstić information content (AvgIpc) is 3.43. The Balaban J connectivity index is 1.40. The van der Waals surface area contributed by atoms with Crippen molar-refractivity contribution in [3.63, 3.8) is 0 Å². The van der Waals surface area contributed by atoms with Crippen molar-refractivity contribution in [2.45, 2.75) is 44.2 Å². The number of likely N-dealkylation sites (tertiary alicyclic amines) is 2. The molecule has 0 saturated carbocycles. The molecule has 202 valence electrons. The molecule has 2 heterocycles. The molecule has 0 unspecified atom stereocenters. The standard InChI is InChI=1S/C32H35N3O4/c1-38-28-17-15-24(16-18-28)23-39-33-27-21-29(31(36)34-19-9-4-10-20-34)35(22-27)32(37)30(25-11-5-2-6-12-25)26-13-7-3-8-14-26/h2-3,5-8,11-18,29-30H,4,9-10,19-23H2,1H3/t29-/m0/s1. The number of carbonyl (C=O) groups is 2. The molecule has 39 heavy (non-hydrogen) atoms. The fourth-order valence-corrected chi connectivity index (χ4v) is 5.40. The van der Waals surface area contributed by atoms with Crippen molar-refractivity contribution in [1.82, 2.24) is 9.80 Å². The van der Waals surface area contributed by atoms with Crippen LogP contribution in [-0.4, -0.2) is 60.1 Å². The second kappa shape index (κ2) is 12.6. The van der Waals surface area contributed by atoms with E-state index in [4.69, 9.17) is 9.57 Å². The molecule has 0 N–H and O–H groups in total. The molecule has 2 fully saturated rings. The molecule has 2 saturated heterocycles. The fraction of sp³-hybridized carbons (Fsp3) is 0.344. The first-order valence-corrected chi connectivity index (χ1v) is 13.6. The minimum absolute atomic E-state index is 0.00303. The molecule has 7 heteroatoms. The highest BCUT2D eigenvalue weighted by Crippen LogP contribution is 2.31. The van der Waals surface area contributed by atoms with Gasteiger partial charge in [0.25, 0.3) is 0 Å². The predicted octanol–water partition coefficient (Wildman–Crippen LogP) is 5.01. The van der Waals surface area contributed by atoms with E-state index in [1.807, 2.05) is 89.8 Å². The van der Waals surface area contributed by atoms with E-state index in [-0.39, 0.29) is 18.4 Å². The average molecular weight is 526 g/mol. The van der Waals surface area contributed by atoms with Crippen molar-refractivity contribution in [2.75, 3.05) is 26.7 Å². The zero-order valence-electron chi connectivity index (χ0n) is 22.4. The van der Waals surface area contributed by atoms with Crippen LogP contribution in [0.4, 0.5) is 0 Å². The minimum Gasteiger partial charge on any atom is -0.497 e. The maximum absolute atomic E-state index is 14.3. The number of benzene rings is 3. The Morgan fingerprint density at radius 2 is 1.49 bits per heavy atom. The summed E-state index contributed by atoms with van der Waals surface area (Å²) in [4.78, 5) is 37.4. The lowest BCUT2D eigenvalue weighted by atomic mass is 9.89. The van der Waals surface area contributed by atoms with E-state index in [0.29, 0.717) is 18.7 Å². The lowest BCUT2D eigenvalue weighted by Crippen LogP contribution is -2.50. The molecular weight excluding hydrogens is 490 g/mol. The van der Waals surface area contributed by atoms with Crippen molar-refractivity contribution >= 4 is 17.5 Å². The van der Waals surface area contributed by atoms with Gasteiger partial charge in [-0.25, -0.2) is 0 Å². The number of rotatable bonds is 8. The van der Waals surface area contributed by atoms with Crippen LogP contribution < -0.4 is 4.74 Å². The predicted molar refractivity (Wildman–Crippen MR) is 150 cm³/mol. The summed E-state index contributed by atoms with van der Waals surface area (Å²) in [7, 11) is 1.63. The molecule has 2 aliphatic heterocycles. The molecule has 0 aromatic heterocycles. The first kappa shape index (κ1) is 26.5. The molecular formula is C32H35N3O4. The highest BCUT2D eigenvalue weighted by Gasteiger charge is 2.42. The first-order valence-electron chi connectivity index (χ1n) is 13.6. The SMILES string of the molecule is COc1ccc(CON=C2C[C@@H](C(=O)N3CCCCC3)N(C(=O)C(c3ccccc3)c3ccccc3)C2)cc1. The molecule has 0 spiro atoms. The maximum Gasteiger partial charge on any atom is 0.245 e. The molecule has 0 aliphatic carbocycles. The van der Waals surface area contributed by atoms with E-state index in [1.165, 1.54) is 0 Å². The fourth-order valence-electron chi connectivity index (χ4n) is 5.40. The van der Waals surface area contributed by atoms with Crippen LogP contribution in [0.25, 0.3) is 0 Å². The van der Waals surface area contributed by atoms with Gasteiger partial charge in [0.15, 0.2) is 0 Å². The van der Waals surface area contributed by atoms with Crippen molar-refractivity contribution in [3.05, 3.63) is 102 Å². The normalized spacial score (nSPS) is 18.4. The number of carbonyl (C=O) groups excluding carboxylic acids is 2. The zero-order chi connectivity index (χ0) is 27.0.